The zero-order chi connectivity index (χ0) is 24.2. The van der Waals surface area contributed by atoms with Crippen LogP contribution in [0.25, 0.3) is 0 Å². The van der Waals surface area contributed by atoms with E-state index < -0.39 is 0 Å². The molecule has 184 valence electrons. The van der Waals surface area contributed by atoms with Crippen molar-refractivity contribution >= 4 is 17.6 Å². The summed E-state index contributed by atoms with van der Waals surface area (Å²) in [6.45, 7) is 5.46. The van der Waals surface area contributed by atoms with E-state index in [1.807, 2.05) is 24.3 Å². The number of ether oxygens (including phenoxy) is 4. The summed E-state index contributed by atoms with van der Waals surface area (Å²) in [5, 5.41) is 3.18. The Morgan fingerprint density at radius 3 is 2.43 bits per heavy atom. The molecule has 11 heteroatoms. The fraction of sp³-hybridized carbons (Fsp3) is 0.375. The van der Waals surface area contributed by atoms with E-state index in [-0.39, 0.29) is 5.95 Å². The third-order valence-electron chi connectivity index (χ3n) is 6.03. The molecule has 2 aliphatic rings. The van der Waals surface area contributed by atoms with E-state index >= 15 is 0 Å². The Morgan fingerprint density at radius 2 is 1.66 bits per heavy atom. The maximum Gasteiger partial charge on any atom is 0.232 e. The number of nitrogen functional groups attached to an aromatic ring is 1. The molecule has 2 aromatic carbocycles. The van der Waals surface area contributed by atoms with Crippen molar-refractivity contribution in [1.29, 1.82) is 0 Å². The van der Waals surface area contributed by atoms with Crippen LogP contribution < -0.4 is 30.0 Å². The fourth-order valence-corrected chi connectivity index (χ4v) is 4.20. The monoisotopic (exact) mass is 479 g/mol. The van der Waals surface area contributed by atoms with E-state index in [1.165, 1.54) is 5.56 Å². The highest BCUT2D eigenvalue weighted by Gasteiger charge is 2.20. The van der Waals surface area contributed by atoms with Gasteiger partial charge in [-0.1, -0.05) is 6.07 Å². The Kier molecular flexibility index (Phi) is 6.68. The predicted octanol–water partition coefficient (Wildman–Crippen LogP) is 2.26. The van der Waals surface area contributed by atoms with Gasteiger partial charge in [0, 0.05) is 38.8 Å². The molecule has 1 aromatic heterocycles. The van der Waals surface area contributed by atoms with Crippen molar-refractivity contribution in [2.45, 2.75) is 13.1 Å². The standard InChI is InChI=1S/C24H29N7O4/c1-32-17-4-6-19(33-2)18(12-17)26-24-28-22(27-23(25)29-24)14-31-9-7-30(8-10-31)13-16-3-5-20-21(11-16)35-15-34-20/h3-6,11-12H,7-10,13-15H2,1-2H3,(H3,25,26,27,28,29). The van der Waals surface area contributed by atoms with Gasteiger partial charge in [-0.25, -0.2) is 0 Å². The molecule has 11 nitrogen and oxygen atoms in total. The number of benzene rings is 2. The highest BCUT2D eigenvalue weighted by molar-refractivity contribution is 5.65. The van der Waals surface area contributed by atoms with Crippen molar-refractivity contribution < 1.29 is 18.9 Å². The summed E-state index contributed by atoms with van der Waals surface area (Å²) in [5.41, 5.74) is 7.89. The Balaban J connectivity index is 1.19. The van der Waals surface area contributed by atoms with Crippen molar-refractivity contribution in [2.75, 3.05) is 58.2 Å². The molecule has 0 saturated carbocycles. The number of hydrogen-bond acceptors (Lipinski definition) is 11. The molecule has 3 N–H and O–H groups in total. The molecule has 5 rings (SSSR count). The number of aromatic nitrogens is 3. The number of nitrogens with two attached hydrogens (primary N) is 1. The van der Waals surface area contributed by atoms with Crippen LogP contribution in [0.15, 0.2) is 36.4 Å². The van der Waals surface area contributed by atoms with Crippen LogP contribution >= 0.6 is 0 Å². The second-order valence-electron chi connectivity index (χ2n) is 8.36. The first-order valence-electron chi connectivity index (χ1n) is 11.4. The Morgan fingerprint density at radius 1 is 0.886 bits per heavy atom. The summed E-state index contributed by atoms with van der Waals surface area (Å²) < 4.78 is 21.6. The highest BCUT2D eigenvalue weighted by atomic mass is 16.7. The quantitative estimate of drug-likeness (QED) is 0.495. The number of anilines is 3. The minimum atomic E-state index is 0.167. The van der Waals surface area contributed by atoms with Crippen molar-refractivity contribution in [3.05, 3.63) is 47.8 Å². The molecule has 0 amide bonds. The maximum absolute atomic E-state index is 5.99. The van der Waals surface area contributed by atoms with E-state index in [0.717, 1.165) is 44.2 Å². The van der Waals surface area contributed by atoms with E-state index in [4.69, 9.17) is 24.7 Å². The molecule has 0 radical (unpaired) electrons. The summed E-state index contributed by atoms with van der Waals surface area (Å²) in [5.74, 6) is 4.12. The minimum absolute atomic E-state index is 0.167. The van der Waals surface area contributed by atoms with Gasteiger partial charge in [-0.3, -0.25) is 9.80 Å². The summed E-state index contributed by atoms with van der Waals surface area (Å²) in [6.07, 6.45) is 0. The van der Waals surface area contributed by atoms with Crippen molar-refractivity contribution in [3.63, 3.8) is 0 Å². The molecule has 0 bridgehead atoms. The lowest BCUT2D eigenvalue weighted by atomic mass is 10.1. The third-order valence-corrected chi connectivity index (χ3v) is 6.03. The number of fused-ring (bicyclic) bond motifs is 1. The fourth-order valence-electron chi connectivity index (χ4n) is 4.20. The molecule has 2 aliphatic heterocycles. The van der Waals surface area contributed by atoms with Crippen molar-refractivity contribution in [3.8, 4) is 23.0 Å². The first-order valence-corrected chi connectivity index (χ1v) is 11.4. The van der Waals surface area contributed by atoms with Gasteiger partial charge in [-0.15, -0.1) is 0 Å². The number of piperazine rings is 1. The van der Waals surface area contributed by atoms with Crippen LogP contribution in [0.4, 0.5) is 17.6 Å². The van der Waals surface area contributed by atoms with Gasteiger partial charge in [0.2, 0.25) is 18.7 Å². The van der Waals surface area contributed by atoms with Crippen molar-refractivity contribution in [1.82, 2.24) is 24.8 Å². The van der Waals surface area contributed by atoms with Crippen LogP contribution in [0.5, 0.6) is 23.0 Å². The SMILES string of the molecule is COc1ccc(OC)c(Nc2nc(N)nc(CN3CCN(Cc4ccc5c(c4)OCO5)CC3)n2)c1. The lowest BCUT2D eigenvalue weighted by Crippen LogP contribution is -2.45. The van der Waals surface area contributed by atoms with Gasteiger partial charge < -0.3 is 30.0 Å². The van der Waals surface area contributed by atoms with Gasteiger partial charge in [0.15, 0.2) is 11.5 Å². The van der Waals surface area contributed by atoms with Gasteiger partial charge >= 0.3 is 0 Å². The Labute approximate surface area is 203 Å². The maximum atomic E-state index is 5.99. The second-order valence-corrected chi connectivity index (χ2v) is 8.36. The lowest BCUT2D eigenvalue weighted by molar-refractivity contribution is 0.120. The molecule has 1 fully saturated rings. The van der Waals surface area contributed by atoms with E-state index in [1.54, 1.807) is 14.2 Å². The average molecular weight is 480 g/mol. The third kappa shape index (κ3) is 5.47. The molecule has 0 atom stereocenters. The van der Waals surface area contributed by atoms with Gasteiger partial charge in [0.25, 0.3) is 0 Å². The summed E-state index contributed by atoms with van der Waals surface area (Å²) >= 11 is 0. The number of nitrogens with zero attached hydrogens (tertiary/aromatic N) is 5. The minimum Gasteiger partial charge on any atom is -0.497 e. The molecule has 1 saturated heterocycles. The topological polar surface area (TPSA) is 120 Å². The number of hydrogen-bond donors (Lipinski definition) is 2. The molecular formula is C24H29N7O4. The lowest BCUT2D eigenvalue weighted by Gasteiger charge is -2.34. The van der Waals surface area contributed by atoms with Gasteiger partial charge in [-0.2, -0.15) is 15.0 Å². The predicted molar refractivity (Wildman–Crippen MR) is 130 cm³/mol. The Bertz CT molecular complexity index is 1180. The van der Waals surface area contributed by atoms with Crippen LogP contribution in [0.1, 0.15) is 11.4 Å². The van der Waals surface area contributed by atoms with Gasteiger partial charge in [-0.05, 0) is 29.8 Å². The zero-order valence-corrected chi connectivity index (χ0v) is 19.9. The highest BCUT2D eigenvalue weighted by Crippen LogP contribution is 2.33. The van der Waals surface area contributed by atoms with Crippen LogP contribution in [-0.4, -0.2) is 71.9 Å². The van der Waals surface area contributed by atoms with Crippen molar-refractivity contribution in [2.24, 2.45) is 0 Å². The van der Waals surface area contributed by atoms with E-state index in [2.05, 4.69) is 42.2 Å². The number of nitrogens with one attached hydrogen (secondary N) is 1. The first-order chi connectivity index (χ1) is 17.1. The average Bonchev–Trinajstić information content (AvgIpc) is 3.33. The molecule has 3 aromatic rings. The molecule has 3 heterocycles. The molecule has 0 unspecified atom stereocenters. The summed E-state index contributed by atoms with van der Waals surface area (Å²) in [7, 11) is 3.21. The molecule has 0 spiro atoms. The Hall–Kier alpha value is -3.83. The van der Waals surface area contributed by atoms with Crippen LogP contribution in [0.2, 0.25) is 0 Å². The smallest absolute Gasteiger partial charge is 0.232 e. The van der Waals surface area contributed by atoms with Gasteiger partial charge in [0.1, 0.15) is 17.3 Å². The molecular weight excluding hydrogens is 450 g/mol. The normalized spacial score (nSPS) is 15.7. The zero-order valence-electron chi connectivity index (χ0n) is 19.9. The number of rotatable bonds is 8. The van der Waals surface area contributed by atoms with Crippen LogP contribution in [-0.2, 0) is 13.1 Å². The van der Waals surface area contributed by atoms with Crippen LogP contribution in [0, 0.1) is 0 Å². The molecule has 35 heavy (non-hydrogen) atoms. The van der Waals surface area contributed by atoms with E-state index in [9.17, 15) is 0 Å². The summed E-state index contributed by atoms with van der Waals surface area (Å²) in [6, 6.07) is 11.6. The molecule has 0 aliphatic carbocycles. The first kappa shape index (κ1) is 22.9. The van der Waals surface area contributed by atoms with Crippen LogP contribution in [0.3, 0.4) is 0 Å². The van der Waals surface area contributed by atoms with E-state index in [0.29, 0.717) is 42.3 Å². The number of methoxy groups -OCH3 is 2. The largest absolute Gasteiger partial charge is 0.497 e. The second kappa shape index (κ2) is 10.2. The van der Waals surface area contributed by atoms with Gasteiger partial charge in [0.05, 0.1) is 26.5 Å². The summed E-state index contributed by atoms with van der Waals surface area (Å²) in [4.78, 5) is 17.9.